The molecule has 0 unspecified atom stereocenters. The first kappa shape index (κ1) is 14.4. The molecule has 1 aliphatic heterocycles. The fourth-order valence-electron chi connectivity index (χ4n) is 2.83. The van der Waals surface area contributed by atoms with Gasteiger partial charge in [0.2, 0.25) is 5.96 Å². The molecule has 0 fully saturated rings. The summed E-state index contributed by atoms with van der Waals surface area (Å²) in [4.78, 5) is 4.23. The third kappa shape index (κ3) is 2.74. The highest BCUT2D eigenvalue weighted by Crippen LogP contribution is 2.19. The first-order valence-electron chi connectivity index (χ1n) is 7.95. The lowest BCUT2D eigenvalue weighted by molar-refractivity contribution is -0.510. The summed E-state index contributed by atoms with van der Waals surface area (Å²) in [6.07, 6.45) is 6.00. The van der Waals surface area contributed by atoms with E-state index in [1.54, 1.807) is 6.21 Å². The number of nitrogens with zero attached hydrogens (tertiary/aromatic N) is 4. The van der Waals surface area contributed by atoms with Crippen molar-refractivity contribution in [1.82, 2.24) is 15.3 Å². The number of pyridine rings is 1. The smallest absolute Gasteiger partial charge is 0.286 e. The molecule has 0 saturated heterocycles. The number of hydrogen-bond acceptors (Lipinski definition) is 4. The van der Waals surface area contributed by atoms with Gasteiger partial charge in [0.1, 0.15) is 6.20 Å². The molecular formula is C18H19N6+. The average Bonchev–Trinajstić information content (AvgIpc) is 3.24. The van der Waals surface area contributed by atoms with E-state index >= 15 is 0 Å². The van der Waals surface area contributed by atoms with Crippen LogP contribution in [0, 0.1) is 0 Å². The van der Waals surface area contributed by atoms with Crippen LogP contribution in [0.2, 0.25) is 0 Å². The quantitative estimate of drug-likeness (QED) is 0.434. The molecular weight excluding hydrogens is 300 g/mol. The zero-order chi connectivity index (χ0) is 16.4. The van der Waals surface area contributed by atoms with Crippen LogP contribution < -0.4 is 15.1 Å². The molecule has 1 aliphatic rings. The van der Waals surface area contributed by atoms with E-state index in [1.807, 2.05) is 6.07 Å². The van der Waals surface area contributed by atoms with Crippen LogP contribution in [0.1, 0.15) is 5.56 Å². The number of benzene rings is 1. The summed E-state index contributed by atoms with van der Waals surface area (Å²) < 4.78 is 4.32. The number of aromatic nitrogens is 2. The number of aliphatic imine (C=N–C) groups is 1. The predicted molar refractivity (Wildman–Crippen MR) is 95.0 cm³/mol. The Morgan fingerprint density at radius 1 is 1.25 bits per heavy atom. The van der Waals surface area contributed by atoms with E-state index in [2.05, 4.69) is 85.6 Å². The molecule has 0 amide bonds. The Morgan fingerprint density at radius 3 is 2.88 bits per heavy atom. The summed E-state index contributed by atoms with van der Waals surface area (Å²) in [6.45, 7) is 1.67. The molecule has 4 rings (SSSR count). The maximum Gasteiger partial charge on any atom is 0.286 e. The first-order chi connectivity index (χ1) is 11.8. The Labute approximate surface area is 140 Å². The summed E-state index contributed by atoms with van der Waals surface area (Å²) in [5.41, 5.74) is 7.45. The molecule has 120 valence electrons. The van der Waals surface area contributed by atoms with Crippen molar-refractivity contribution in [3.63, 3.8) is 0 Å². The van der Waals surface area contributed by atoms with E-state index in [9.17, 15) is 0 Å². The second kappa shape index (κ2) is 6.16. The van der Waals surface area contributed by atoms with Gasteiger partial charge in [-0.25, -0.2) is 19.4 Å². The molecule has 2 N–H and O–H groups in total. The van der Waals surface area contributed by atoms with E-state index in [-0.39, 0.29) is 0 Å². The van der Waals surface area contributed by atoms with E-state index in [0.29, 0.717) is 0 Å². The lowest BCUT2D eigenvalue weighted by atomic mass is 10.1. The van der Waals surface area contributed by atoms with Gasteiger partial charge in [0.15, 0.2) is 5.69 Å². The van der Waals surface area contributed by atoms with Gasteiger partial charge in [0.05, 0.1) is 26.0 Å². The van der Waals surface area contributed by atoms with Crippen molar-refractivity contribution < 1.29 is 4.40 Å². The van der Waals surface area contributed by atoms with Crippen LogP contribution in [-0.4, -0.2) is 29.8 Å². The predicted octanol–water partition coefficient (Wildman–Crippen LogP) is 1.31. The third-order valence-electron chi connectivity index (χ3n) is 4.10. The van der Waals surface area contributed by atoms with Gasteiger partial charge in [0, 0.05) is 18.2 Å². The number of fused-ring (bicyclic) bond motifs is 1. The zero-order valence-electron chi connectivity index (χ0n) is 13.5. The summed E-state index contributed by atoms with van der Waals surface area (Å²) in [6, 6.07) is 14.5. The summed E-state index contributed by atoms with van der Waals surface area (Å²) >= 11 is 0. The second-order valence-corrected chi connectivity index (χ2v) is 5.69. The normalized spacial score (nSPS) is 14.1. The molecule has 0 spiro atoms. The molecule has 6 heteroatoms. The monoisotopic (exact) mass is 319 g/mol. The van der Waals surface area contributed by atoms with Crippen molar-refractivity contribution in [2.24, 2.45) is 17.1 Å². The van der Waals surface area contributed by atoms with E-state index in [0.717, 1.165) is 30.3 Å². The van der Waals surface area contributed by atoms with Gasteiger partial charge < -0.3 is 5.32 Å². The lowest BCUT2D eigenvalue weighted by Gasteiger charge is -2.00. The van der Waals surface area contributed by atoms with Crippen molar-refractivity contribution in [2.45, 2.75) is 0 Å². The van der Waals surface area contributed by atoms with Crippen LogP contribution >= 0.6 is 0 Å². The minimum atomic E-state index is 0.732. The standard InChI is InChI=1S/C18H19N6/c1-23-16(13-24-11-3-2-4-17(23)24)15-7-5-14(6-8-15)12-21-22-18-19-9-10-20-18/h2-8,11-13H,9-10H2,1H3,(H2,19,20,22)/q+1/b21-12+. The van der Waals surface area contributed by atoms with Gasteiger partial charge in [-0.2, -0.15) is 5.10 Å². The van der Waals surface area contributed by atoms with Crippen molar-refractivity contribution in [1.29, 1.82) is 0 Å². The topological polar surface area (TPSA) is 57.8 Å². The van der Waals surface area contributed by atoms with Crippen LogP contribution in [0.4, 0.5) is 0 Å². The summed E-state index contributed by atoms with van der Waals surface area (Å²) in [7, 11) is 2.08. The number of hydrazone groups is 1. The van der Waals surface area contributed by atoms with Crippen molar-refractivity contribution in [2.75, 3.05) is 13.1 Å². The largest absolute Gasteiger partial charge is 0.353 e. The first-order valence-corrected chi connectivity index (χ1v) is 7.95. The molecule has 0 saturated carbocycles. The molecule has 3 heterocycles. The highest BCUT2D eigenvalue weighted by molar-refractivity contribution is 5.85. The molecule has 6 nitrogen and oxygen atoms in total. The minimum Gasteiger partial charge on any atom is -0.353 e. The molecule has 0 aliphatic carbocycles. The number of rotatable bonds is 3. The summed E-state index contributed by atoms with van der Waals surface area (Å²) in [5.74, 6) is 0.732. The SMILES string of the molecule is Cn1c(-c2ccc(/C=N/NC3=NCCN3)cc2)c[n+]2ccccc12. The second-order valence-electron chi connectivity index (χ2n) is 5.69. The van der Waals surface area contributed by atoms with Crippen LogP contribution in [0.3, 0.4) is 0 Å². The number of hydrogen-bond donors (Lipinski definition) is 2. The van der Waals surface area contributed by atoms with Crippen LogP contribution in [-0.2, 0) is 7.05 Å². The van der Waals surface area contributed by atoms with Gasteiger partial charge >= 0.3 is 0 Å². The minimum absolute atomic E-state index is 0.732. The maximum absolute atomic E-state index is 4.23. The van der Waals surface area contributed by atoms with Gasteiger partial charge in [0.25, 0.3) is 5.65 Å². The van der Waals surface area contributed by atoms with Gasteiger partial charge in [-0.1, -0.05) is 18.2 Å². The highest BCUT2D eigenvalue weighted by Gasteiger charge is 2.14. The van der Waals surface area contributed by atoms with E-state index in [4.69, 9.17) is 0 Å². The molecule has 1 aromatic carbocycles. The lowest BCUT2D eigenvalue weighted by Crippen LogP contribution is -2.30. The third-order valence-corrected chi connectivity index (χ3v) is 4.10. The van der Waals surface area contributed by atoms with E-state index < -0.39 is 0 Å². The van der Waals surface area contributed by atoms with Gasteiger partial charge in [-0.3, -0.25) is 0 Å². The van der Waals surface area contributed by atoms with Crippen molar-refractivity contribution in [3.8, 4) is 11.3 Å². The van der Waals surface area contributed by atoms with Gasteiger partial charge in [-0.05, 0) is 23.8 Å². The highest BCUT2D eigenvalue weighted by atomic mass is 15.4. The number of guanidine groups is 1. The summed E-state index contributed by atoms with van der Waals surface area (Å²) in [5, 5.41) is 7.31. The van der Waals surface area contributed by atoms with Gasteiger partial charge in [-0.15, -0.1) is 0 Å². The zero-order valence-corrected chi connectivity index (χ0v) is 13.5. The number of imidazole rings is 1. The fraction of sp³-hybridized carbons (Fsp3) is 0.167. The molecule has 0 atom stereocenters. The Balaban J connectivity index is 1.54. The van der Waals surface area contributed by atoms with E-state index in [1.165, 1.54) is 11.3 Å². The Hall–Kier alpha value is -3.15. The van der Waals surface area contributed by atoms with Crippen LogP contribution in [0.5, 0.6) is 0 Å². The molecule has 3 aromatic rings. The number of aryl methyl sites for hydroxylation is 1. The van der Waals surface area contributed by atoms with Crippen LogP contribution in [0.15, 0.2) is 65.0 Å². The Morgan fingerprint density at radius 2 is 2.12 bits per heavy atom. The molecule has 0 bridgehead atoms. The maximum atomic E-state index is 4.23. The van der Waals surface area contributed by atoms with Crippen LogP contribution in [0.25, 0.3) is 16.9 Å². The number of nitrogens with one attached hydrogen (secondary N) is 2. The fourth-order valence-corrected chi connectivity index (χ4v) is 2.83. The molecule has 2 aromatic heterocycles. The van der Waals surface area contributed by atoms with Crippen molar-refractivity contribution >= 4 is 17.8 Å². The average molecular weight is 319 g/mol. The Bertz CT molecular complexity index is 920. The molecule has 0 radical (unpaired) electrons. The van der Waals surface area contributed by atoms with Crippen molar-refractivity contribution in [3.05, 3.63) is 60.4 Å². The Kier molecular flexibility index (Phi) is 3.70. The molecule has 24 heavy (non-hydrogen) atoms.